The van der Waals surface area contributed by atoms with Gasteiger partial charge in [0, 0.05) is 17.8 Å². The van der Waals surface area contributed by atoms with Gasteiger partial charge >= 0.3 is 0 Å². The number of ether oxygens (including phenoxy) is 2. The summed E-state index contributed by atoms with van der Waals surface area (Å²) in [6, 6.07) is 16.1. The first kappa shape index (κ1) is 15.2. The Morgan fingerprint density at radius 3 is 2.48 bits per heavy atom. The van der Waals surface area contributed by atoms with E-state index in [-0.39, 0.29) is 0 Å². The van der Waals surface area contributed by atoms with Crippen LogP contribution in [0.15, 0.2) is 48.5 Å². The number of anilines is 1. The third-order valence-corrected chi connectivity index (χ3v) is 3.30. The smallest absolute Gasteiger partial charge is 0.123 e. The minimum absolute atomic E-state index is 0.736. The lowest BCUT2D eigenvalue weighted by molar-refractivity contribution is 0.309. The predicted molar refractivity (Wildman–Crippen MR) is 87.2 cm³/mol. The molecule has 0 aliphatic carbocycles. The summed E-state index contributed by atoms with van der Waals surface area (Å²) < 4.78 is 11.0. The number of nitrogens with one attached hydrogen (secondary N) is 1. The van der Waals surface area contributed by atoms with Crippen LogP contribution in [0.2, 0.25) is 0 Å². The van der Waals surface area contributed by atoms with Crippen LogP contribution in [0.1, 0.15) is 25.3 Å². The molecule has 0 amide bonds. The maximum atomic E-state index is 5.65. The molecular formula is C18H23NO2. The van der Waals surface area contributed by atoms with E-state index >= 15 is 0 Å². The maximum Gasteiger partial charge on any atom is 0.123 e. The second kappa shape index (κ2) is 8.20. The lowest BCUT2D eigenvalue weighted by atomic mass is 10.2. The molecule has 112 valence electrons. The summed E-state index contributed by atoms with van der Waals surface area (Å²) >= 11 is 0. The molecule has 0 aliphatic heterocycles. The van der Waals surface area contributed by atoms with Crippen molar-refractivity contribution in [1.29, 1.82) is 0 Å². The quantitative estimate of drug-likeness (QED) is 0.725. The lowest BCUT2D eigenvalue weighted by Crippen LogP contribution is -2.01. The molecule has 1 N–H and O–H groups in total. The molecule has 2 aromatic rings. The summed E-state index contributed by atoms with van der Waals surface area (Å²) in [6.07, 6.45) is 2.24. The number of para-hydroxylation sites is 1. The minimum atomic E-state index is 0.736. The van der Waals surface area contributed by atoms with Gasteiger partial charge in [0.2, 0.25) is 0 Å². The average molecular weight is 285 g/mol. The van der Waals surface area contributed by atoms with Crippen LogP contribution in [0.4, 0.5) is 5.69 Å². The van der Waals surface area contributed by atoms with E-state index in [9.17, 15) is 0 Å². The average Bonchev–Trinajstić information content (AvgIpc) is 2.54. The first-order valence-corrected chi connectivity index (χ1v) is 7.42. The topological polar surface area (TPSA) is 30.5 Å². The summed E-state index contributed by atoms with van der Waals surface area (Å²) in [6.45, 7) is 3.68. The van der Waals surface area contributed by atoms with E-state index in [0.717, 1.165) is 48.7 Å². The van der Waals surface area contributed by atoms with Crippen LogP contribution >= 0.6 is 0 Å². The standard InChI is InChI=1S/C18H23NO2/c1-3-4-13-21-17-11-9-16(10-12-17)19-14-15-7-5-6-8-18(15)20-2/h5-12,19H,3-4,13-14H2,1-2H3. The van der Waals surface area contributed by atoms with Gasteiger partial charge in [0.25, 0.3) is 0 Å². The number of methoxy groups -OCH3 is 1. The van der Waals surface area contributed by atoms with E-state index in [1.807, 2.05) is 42.5 Å². The third kappa shape index (κ3) is 4.71. The first-order chi connectivity index (χ1) is 10.3. The van der Waals surface area contributed by atoms with Crippen molar-refractivity contribution in [3.8, 4) is 11.5 Å². The van der Waals surface area contributed by atoms with Crippen molar-refractivity contribution in [3.63, 3.8) is 0 Å². The molecule has 2 rings (SSSR count). The molecule has 0 saturated heterocycles. The monoisotopic (exact) mass is 285 g/mol. The highest BCUT2D eigenvalue weighted by molar-refractivity contribution is 5.47. The summed E-state index contributed by atoms with van der Waals surface area (Å²) in [5.41, 5.74) is 2.21. The Bertz CT molecular complexity index is 537. The van der Waals surface area contributed by atoms with Gasteiger partial charge in [0.05, 0.1) is 13.7 Å². The largest absolute Gasteiger partial charge is 0.496 e. The van der Waals surface area contributed by atoms with Crippen molar-refractivity contribution in [1.82, 2.24) is 0 Å². The van der Waals surface area contributed by atoms with Crippen LogP contribution in [0.25, 0.3) is 0 Å². The molecule has 0 aromatic heterocycles. The van der Waals surface area contributed by atoms with Gasteiger partial charge in [0.15, 0.2) is 0 Å². The molecule has 0 atom stereocenters. The molecule has 3 heteroatoms. The van der Waals surface area contributed by atoms with E-state index < -0.39 is 0 Å². The summed E-state index contributed by atoms with van der Waals surface area (Å²) in [7, 11) is 1.70. The van der Waals surface area contributed by atoms with Crippen LogP contribution in [0, 0.1) is 0 Å². The summed E-state index contributed by atoms with van der Waals surface area (Å²) in [4.78, 5) is 0. The number of benzene rings is 2. The van der Waals surface area contributed by atoms with Crippen LogP contribution in [0.3, 0.4) is 0 Å². The molecule has 0 unspecified atom stereocenters. The Hall–Kier alpha value is -2.16. The van der Waals surface area contributed by atoms with Gasteiger partial charge in [0.1, 0.15) is 11.5 Å². The van der Waals surface area contributed by atoms with E-state index in [0.29, 0.717) is 0 Å². The first-order valence-electron chi connectivity index (χ1n) is 7.42. The molecule has 0 spiro atoms. The molecule has 0 aliphatic rings. The Morgan fingerprint density at radius 2 is 1.76 bits per heavy atom. The van der Waals surface area contributed by atoms with Gasteiger partial charge in [-0.05, 0) is 36.8 Å². The van der Waals surface area contributed by atoms with Crippen LogP contribution in [-0.2, 0) is 6.54 Å². The highest BCUT2D eigenvalue weighted by Crippen LogP contribution is 2.20. The van der Waals surface area contributed by atoms with E-state index in [1.165, 1.54) is 0 Å². The van der Waals surface area contributed by atoms with Crippen molar-refractivity contribution < 1.29 is 9.47 Å². The van der Waals surface area contributed by atoms with Gasteiger partial charge in [-0.15, -0.1) is 0 Å². The van der Waals surface area contributed by atoms with Gasteiger partial charge in [-0.2, -0.15) is 0 Å². The Balaban J connectivity index is 1.88. The van der Waals surface area contributed by atoms with Crippen molar-refractivity contribution in [2.75, 3.05) is 19.0 Å². The zero-order valence-electron chi connectivity index (χ0n) is 12.8. The Labute approximate surface area is 126 Å². The van der Waals surface area contributed by atoms with Crippen LogP contribution in [0.5, 0.6) is 11.5 Å². The molecule has 21 heavy (non-hydrogen) atoms. The fraction of sp³-hybridized carbons (Fsp3) is 0.333. The van der Waals surface area contributed by atoms with Crippen LogP contribution < -0.4 is 14.8 Å². The van der Waals surface area contributed by atoms with Gasteiger partial charge in [-0.1, -0.05) is 31.5 Å². The fourth-order valence-electron chi connectivity index (χ4n) is 2.05. The highest BCUT2D eigenvalue weighted by Gasteiger charge is 2.01. The lowest BCUT2D eigenvalue weighted by Gasteiger charge is -2.11. The maximum absolute atomic E-state index is 5.65. The van der Waals surface area contributed by atoms with E-state index in [4.69, 9.17) is 9.47 Å². The second-order valence-corrected chi connectivity index (χ2v) is 4.89. The molecule has 2 aromatic carbocycles. The molecule has 3 nitrogen and oxygen atoms in total. The number of hydrogen-bond donors (Lipinski definition) is 1. The second-order valence-electron chi connectivity index (χ2n) is 4.89. The van der Waals surface area contributed by atoms with Crippen LogP contribution in [-0.4, -0.2) is 13.7 Å². The van der Waals surface area contributed by atoms with Crippen molar-refractivity contribution in [2.24, 2.45) is 0 Å². The van der Waals surface area contributed by atoms with Crippen molar-refractivity contribution in [2.45, 2.75) is 26.3 Å². The van der Waals surface area contributed by atoms with Crippen molar-refractivity contribution in [3.05, 3.63) is 54.1 Å². The highest BCUT2D eigenvalue weighted by atomic mass is 16.5. The number of rotatable bonds is 8. The molecule has 0 fully saturated rings. The Kier molecular flexibility index (Phi) is 5.95. The van der Waals surface area contributed by atoms with E-state index in [1.54, 1.807) is 7.11 Å². The van der Waals surface area contributed by atoms with Gasteiger partial charge in [-0.3, -0.25) is 0 Å². The normalized spacial score (nSPS) is 10.2. The molecule has 0 bridgehead atoms. The van der Waals surface area contributed by atoms with Crippen molar-refractivity contribution >= 4 is 5.69 Å². The third-order valence-electron chi connectivity index (χ3n) is 3.30. The molecule has 0 radical (unpaired) electrons. The molecule has 0 heterocycles. The van der Waals surface area contributed by atoms with E-state index in [2.05, 4.69) is 18.3 Å². The van der Waals surface area contributed by atoms with Gasteiger partial charge in [-0.25, -0.2) is 0 Å². The molecule has 0 saturated carbocycles. The number of unbranched alkanes of at least 4 members (excludes halogenated alkanes) is 1. The van der Waals surface area contributed by atoms with Gasteiger partial charge < -0.3 is 14.8 Å². The summed E-state index contributed by atoms with van der Waals surface area (Å²) in [5, 5.41) is 3.39. The fourth-order valence-corrected chi connectivity index (χ4v) is 2.05. The number of hydrogen-bond acceptors (Lipinski definition) is 3. The molecular weight excluding hydrogens is 262 g/mol. The Morgan fingerprint density at radius 1 is 1.00 bits per heavy atom. The minimum Gasteiger partial charge on any atom is -0.496 e. The zero-order valence-corrected chi connectivity index (χ0v) is 12.8. The summed E-state index contributed by atoms with van der Waals surface area (Å²) in [5.74, 6) is 1.83. The SMILES string of the molecule is CCCCOc1ccc(NCc2ccccc2OC)cc1. The predicted octanol–water partition coefficient (Wildman–Crippen LogP) is 4.49. The zero-order chi connectivity index (χ0) is 14.9.